The fraction of sp³-hybridized carbons (Fsp3) is 0.462. The van der Waals surface area contributed by atoms with Crippen LogP contribution in [0.25, 0.3) is 11.0 Å². The molecule has 2 atom stereocenters. The van der Waals surface area contributed by atoms with Crippen molar-refractivity contribution in [3.05, 3.63) is 59.9 Å². The summed E-state index contributed by atoms with van der Waals surface area (Å²) in [6.07, 6.45) is 5.98. The molecule has 0 saturated heterocycles. The smallest absolute Gasteiger partial charge is 0.270 e. The number of carbonyl (C=O) groups excluding carboxylic acids is 1. The number of nitrogens with zero attached hydrogens (tertiary/aromatic N) is 2. The van der Waals surface area contributed by atoms with Gasteiger partial charge in [0.25, 0.3) is 5.91 Å². The Morgan fingerprint density at radius 3 is 2.72 bits per heavy atom. The van der Waals surface area contributed by atoms with Gasteiger partial charge in [-0.15, -0.1) is 0 Å². The predicted octanol–water partition coefficient (Wildman–Crippen LogP) is 4.87. The van der Waals surface area contributed by atoms with Crippen LogP contribution in [0, 0.1) is 0 Å². The lowest BCUT2D eigenvalue weighted by Crippen LogP contribution is -2.51. The third-order valence-electron chi connectivity index (χ3n) is 6.68. The van der Waals surface area contributed by atoms with Crippen LogP contribution in [0.15, 0.2) is 48.7 Å². The second kappa shape index (κ2) is 9.33. The number of fused-ring (bicyclic) bond motifs is 1. The van der Waals surface area contributed by atoms with Gasteiger partial charge in [-0.1, -0.05) is 12.1 Å². The highest BCUT2D eigenvalue weighted by Gasteiger charge is 2.33. The Balaban J connectivity index is 1.46. The molecule has 2 heterocycles. The van der Waals surface area contributed by atoms with Crippen LogP contribution in [0.5, 0.6) is 5.75 Å². The second-order valence-electron chi connectivity index (χ2n) is 9.23. The van der Waals surface area contributed by atoms with Crippen molar-refractivity contribution >= 4 is 16.9 Å². The summed E-state index contributed by atoms with van der Waals surface area (Å²) in [5.41, 5.74) is 3.42. The second-order valence-corrected chi connectivity index (χ2v) is 9.23. The molecule has 1 aromatic carbocycles. The first kappa shape index (κ1) is 22.3. The predicted molar refractivity (Wildman–Crippen MR) is 128 cm³/mol. The van der Waals surface area contributed by atoms with Crippen LogP contribution < -0.4 is 10.1 Å². The number of carbonyl (C=O) groups is 1. The van der Waals surface area contributed by atoms with E-state index in [1.54, 1.807) is 13.3 Å². The van der Waals surface area contributed by atoms with E-state index in [1.165, 1.54) is 5.56 Å². The summed E-state index contributed by atoms with van der Waals surface area (Å²) in [5.74, 6) is 0.928. The number of methoxy groups -OCH3 is 1. The zero-order valence-corrected chi connectivity index (χ0v) is 19.5. The summed E-state index contributed by atoms with van der Waals surface area (Å²) < 4.78 is 5.30. The van der Waals surface area contributed by atoms with E-state index in [2.05, 4.69) is 48.2 Å². The molecule has 32 heavy (non-hydrogen) atoms. The lowest BCUT2D eigenvalue weighted by molar-refractivity contribution is 0.0614. The maximum Gasteiger partial charge on any atom is 0.270 e. The van der Waals surface area contributed by atoms with Crippen molar-refractivity contribution in [1.82, 2.24) is 20.2 Å². The first-order valence-electron chi connectivity index (χ1n) is 11.6. The fourth-order valence-corrected chi connectivity index (χ4v) is 4.97. The van der Waals surface area contributed by atoms with E-state index < -0.39 is 0 Å². The first-order chi connectivity index (χ1) is 15.4. The maximum absolute atomic E-state index is 13.4. The molecular weight excluding hydrogens is 400 g/mol. The summed E-state index contributed by atoms with van der Waals surface area (Å²) in [5, 5.41) is 3.86. The molecule has 1 fully saturated rings. The van der Waals surface area contributed by atoms with Gasteiger partial charge in [-0.25, -0.2) is 0 Å². The van der Waals surface area contributed by atoms with Crippen LogP contribution in [0.1, 0.15) is 62.5 Å². The van der Waals surface area contributed by atoms with Gasteiger partial charge in [0.05, 0.1) is 18.1 Å². The highest BCUT2D eigenvalue weighted by Crippen LogP contribution is 2.29. The number of rotatable bonds is 7. The number of ether oxygens (including phenoxy) is 1. The summed E-state index contributed by atoms with van der Waals surface area (Å²) in [6.45, 7) is 7.20. The largest absolute Gasteiger partial charge is 0.497 e. The third kappa shape index (κ3) is 4.65. The fourth-order valence-electron chi connectivity index (χ4n) is 4.97. The molecule has 2 N–H and O–H groups in total. The maximum atomic E-state index is 13.4. The highest BCUT2D eigenvalue weighted by atomic mass is 16.5. The van der Waals surface area contributed by atoms with Crippen molar-refractivity contribution in [2.45, 2.75) is 64.1 Å². The molecule has 1 amide bonds. The molecule has 170 valence electrons. The first-order valence-corrected chi connectivity index (χ1v) is 11.6. The van der Waals surface area contributed by atoms with E-state index >= 15 is 0 Å². The SMILES string of the molecule is CCN(C(=O)c1cc2ncccc2[nH]1)C1CCC[C@@H](NC(C)(C)c2ccc(OC)cc2)C1. The molecular formula is C26H34N4O2. The van der Waals surface area contributed by atoms with Crippen molar-refractivity contribution in [2.75, 3.05) is 13.7 Å². The zero-order chi connectivity index (χ0) is 22.7. The monoisotopic (exact) mass is 434 g/mol. The standard InChI is InChI=1S/C26H34N4O2/c1-5-30(25(31)24-17-23-22(28-24)10-7-15-27-23)20-9-6-8-19(16-20)29-26(2,3)18-11-13-21(32-4)14-12-18/h7,10-15,17,19-20,28-29H,5-6,8-9,16H2,1-4H3/t19-,20?/m1/s1. The van der Waals surface area contributed by atoms with Crippen LogP contribution >= 0.6 is 0 Å². The van der Waals surface area contributed by atoms with E-state index in [9.17, 15) is 4.79 Å². The molecule has 0 aliphatic heterocycles. The topological polar surface area (TPSA) is 70.2 Å². The number of H-pyrrole nitrogens is 1. The molecule has 3 aromatic rings. The highest BCUT2D eigenvalue weighted by molar-refractivity contribution is 5.97. The Hall–Kier alpha value is -2.86. The van der Waals surface area contributed by atoms with E-state index in [4.69, 9.17) is 4.74 Å². The van der Waals surface area contributed by atoms with Crippen molar-refractivity contribution in [3.63, 3.8) is 0 Å². The van der Waals surface area contributed by atoms with Gasteiger partial charge in [-0.05, 0) is 82.3 Å². The molecule has 0 bridgehead atoms. The van der Waals surface area contributed by atoms with Crippen molar-refractivity contribution < 1.29 is 9.53 Å². The van der Waals surface area contributed by atoms with E-state index in [0.717, 1.165) is 42.5 Å². The summed E-state index contributed by atoms with van der Waals surface area (Å²) >= 11 is 0. The lowest BCUT2D eigenvalue weighted by atomic mass is 9.86. The molecule has 4 rings (SSSR count). The Kier molecular flexibility index (Phi) is 6.51. The normalized spacial score (nSPS) is 19.1. The molecule has 1 aliphatic rings. The van der Waals surface area contributed by atoms with Gasteiger partial charge in [0.1, 0.15) is 11.4 Å². The molecule has 1 aliphatic carbocycles. The molecule has 0 spiro atoms. The Labute approximate surface area is 190 Å². The number of amides is 1. The average molecular weight is 435 g/mol. The Morgan fingerprint density at radius 1 is 1.25 bits per heavy atom. The summed E-state index contributed by atoms with van der Waals surface area (Å²) in [7, 11) is 1.69. The van der Waals surface area contributed by atoms with Gasteiger partial charge in [0.2, 0.25) is 0 Å². The Morgan fingerprint density at radius 2 is 2.03 bits per heavy atom. The van der Waals surface area contributed by atoms with E-state index in [1.807, 2.05) is 35.2 Å². The van der Waals surface area contributed by atoms with E-state index in [0.29, 0.717) is 18.3 Å². The third-order valence-corrected chi connectivity index (χ3v) is 6.68. The van der Waals surface area contributed by atoms with Gasteiger partial charge in [-0.3, -0.25) is 9.78 Å². The summed E-state index contributed by atoms with van der Waals surface area (Å²) in [6, 6.07) is 14.6. The quantitative estimate of drug-likeness (QED) is 0.557. The van der Waals surface area contributed by atoms with Gasteiger partial charge >= 0.3 is 0 Å². The van der Waals surface area contributed by atoms with Crippen molar-refractivity contribution in [2.24, 2.45) is 0 Å². The number of benzene rings is 1. The van der Waals surface area contributed by atoms with Crippen LogP contribution in [0.2, 0.25) is 0 Å². The number of aromatic amines is 1. The average Bonchev–Trinajstić information content (AvgIpc) is 3.24. The Bertz CT molecular complexity index is 1020. The van der Waals surface area contributed by atoms with Gasteiger partial charge in [0.15, 0.2) is 0 Å². The minimum absolute atomic E-state index is 0.0607. The molecule has 1 unspecified atom stereocenters. The minimum Gasteiger partial charge on any atom is -0.497 e. The molecule has 2 aromatic heterocycles. The number of aromatic nitrogens is 2. The molecule has 6 heteroatoms. The molecule has 1 saturated carbocycles. The van der Waals surface area contributed by atoms with Crippen LogP contribution in [0.4, 0.5) is 0 Å². The van der Waals surface area contributed by atoms with Crippen LogP contribution in [-0.2, 0) is 5.54 Å². The minimum atomic E-state index is -0.164. The van der Waals surface area contributed by atoms with Gasteiger partial charge in [-0.2, -0.15) is 0 Å². The van der Waals surface area contributed by atoms with Crippen molar-refractivity contribution in [3.8, 4) is 5.75 Å². The summed E-state index contributed by atoms with van der Waals surface area (Å²) in [4.78, 5) is 23.0. The van der Waals surface area contributed by atoms with Crippen LogP contribution in [0.3, 0.4) is 0 Å². The van der Waals surface area contributed by atoms with Gasteiger partial charge in [0, 0.05) is 30.4 Å². The molecule has 6 nitrogen and oxygen atoms in total. The van der Waals surface area contributed by atoms with Crippen LogP contribution in [-0.4, -0.2) is 46.5 Å². The lowest BCUT2D eigenvalue weighted by Gasteiger charge is -2.40. The number of pyridine rings is 1. The number of nitrogens with one attached hydrogen (secondary N) is 2. The zero-order valence-electron chi connectivity index (χ0n) is 19.5. The van der Waals surface area contributed by atoms with Crippen molar-refractivity contribution in [1.29, 1.82) is 0 Å². The van der Waals surface area contributed by atoms with Gasteiger partial charge < -0.3 is 19.9 Å². The molecule has 0 radical (unpaired) electrons. The number of hydrogen-bond acceptors (Lipinski definition) is 4. The van der Waals surface area contributed by atoms with E-state index in [-0.39, 0.29) is 17.5 Å². The number of hydrogen-bond donors (Lipinski definition) is 2.